The fourth-order valence-electron chi connectivity index (χ4n) is 2.56. The second-order valence-corrected chi connectivity index (χ2v) is 7.53. The molecule has 1 amide bonds. The number of ether oxygens (including phenoxy) is 1. The van der Waals surface area contributed by atoms with Crippen molar-refractivity contribution in [1.29, 1.82) is 0 Å². The number of rotatable bonds is 7. The summed E-state index contributed by atoms with van der Waals surface area (Å²) >= 11 is 1.59. The lowest BCUT2D eigenvalue weighted by atomic mass is 10.2. The molecule has 138 valence electrons. The Morgan fingerprint density at radius 2 is 1.56 bits per heavy atom. The fourth-order valence-corrected chi connectivity index (χ4v) is 3.51. The normalized spacial score (nSPS) is 11.6. The summed E-state index contributed by atoms with van der Waals surface area (Å²) < 4.78 is 5.78. The van der Waals surface area contributed by atoms with Gasteiger partial charge in [0, 0.05) is 10.6 Å². The number of benzene rings is 3. The summed E-state index contributed by atoms with van der Waals surface area (Å²) in [5.41, 5.74) is 1.98. The number of hydrogen-bond acceptors (Lipinski definition) is 3. The lowest BCUT2D eigenvalue weighted by Gasteiger charge is -2.15. The molecule has 27 heavy (non-hydrogen) atoms. The van der Waals surface area contributed by atoms with E-state index in [-0.39, 0.29) is 11.2 Å². The highest BCUT2D eigenvalue weighted by molar-refractivity contribution is 8.00. The van der Waals surface area contributed by atoms with Gasteiger partial charge in [-0.3, -0.25) is 4.79 Å². The molecule has 3 nitrogen and oxygen atoms in total. The van der Waals surface area contributed by atoms with Crippen LogP contribution in [0, 0.1) is 6.92 Å². The molecule has 3 aromatic rings. The molecule has 0 heterocycles. The molecule has 3 aromatic carbocycles. The van der Waals surface area contributed by atoms with Gasteiger partial charge >= 0.3 is 0 Å². The molecule has 0 saturated heterocycles. The smallest absolute Gasteiger partial charge is 0.237 e. The SMILES string of the molecule is CCC(Sc1ccc(C)cc1)C(=O)Nc1ccc(Oc2ccccc2)cc1. The predicted octanol–water partition coefficient (Wildman–Crippen LogP) is 6.30. The first-order valence-electron chi connectivity index (χ1n) is 9.01. The summed E-state index contributed by atoms with van der Waals surface area (Å²) in [6, 6.07) is 25.3. The van der Waals surface area contributed by atoms with E-state index in [0.717, 1.165) is 28.5 Å². The van der Waals surface area contributed by atoms with E-state index < -0.39 is 0 Å². The number of thioether (sulfide) groups is 1. The van der Waals surface area contributed by atoms with Gasteiger partial charge in [-0.2, -0.15) is 0 Å². The Morgan fingerprint density at radius 1 is 0.926 bits per heavy atom. The third kappa shape index (κ3) is 5.63. The summed E-state index contributed by atoms with van der Waals surface area (Å²) in [7, 11) is 0. The van der Waals surface area contributed by atoms with Gasteiger partial charge < -0.3 is 10.1 Å². The molecule has 0 aromatic heterocycles. The number of para-hydroxylation sites is 1. The van der Waals surface area contributed by atoms with Crippen LogP contribution in [-0.2, 0) is 4.79 Å². The van der Waals surface area contributed by atoms with E-state index in [2.05, 4.69) is 36.5 Å². The summed E-state index contributed by atoms with van der Waals surface area (Å²) in [4.78, 5) is 13.7. The Balaban J connectivity index is 1.59. The van der Waals surface area contributed by atoms with Crippen LogP contribution in [0.25, 0.3) is 0 Å². The highest BCUT2D eigenvalue weighted by Crippen LogP contribution is 2.27. The molecule has 0 aliphatic rings. The molecule has 0 bridgehead atoms. The number of aryl methyl sites for hydroxylation is 1. The number of carbonyl (C=O) groups is 1. The van der Waals surface area contributed by atoms with Crippen LogP contribution >= 0.6 is 11.8 Å². The molecule has 3 rings (SSSR count). The van der Waals surface area contributed by atoms with Gasteiger partial charge in [-0.25, -0.2) is 0 Å². The van der Waals surface area contributed by atoms with Crippen molar-refractivity contribution in [3.05, 3.63) is 84.4 Å². The Bertz CT molecular complexity index is 861. The second-order valence-electron chi connectivity index (χ2n) is 6.26. The van der Waals surface area contributed by atoms with Gasteiger partial charge in [0.1, 0.15) is 11.5 Å². The van der Waals surface area contributed by atoms with Crippen LogP contribution in [0.3, 0.4) is 0 Å². The molecular weight excluding hydrogens is 354 g/mol. The Hall–Kier alpha value is -2.72. The van der Waals surface area contributed by atoms with Gasteiger partial charge in [-0.1, -0.05) is 42.8 Å². The number of carbonyl (C=O) groups excluding carboxylic acids is 1. The molecule has 4 heteroatoms. The third-order valence-corrected chi connectivity index (χ3v) is 5.44. The van der Waals surface area contributed by atoms with Crippen molar-refractivity contribution in [1.82, 2.24) is 0 Å². The maximum atomic E-state index is 12.6. The van der Waals surface area contributed by atoms with Gasteiger partial charge in [-0.15, -0.1) is 11.8 Å². The van der Waals surface area contributed by atoms with Crippen LogP contribution in [-0.4, -0.2) is 11.2 Å². The van der Waals surface area contributed by atoms with Crippen molar-refractivity contribution in [3.63, 3.8) is 0 Å². The highest BCUT2D eigenvalue weighted by Gasteiger charge is 2.18. The van der Waals surface area contributed by atoms with Crippen molar-refractivity contribution < 1.29 is 9.53 Å². The lowest BCUT2D eigenvalue weighted by Crippen LogP contribution is -2.24. The molecule has 1 N–H and O–H groups in total. The molecule has 0 radical (unpaired) electrons. The maximum absolute atomic E-state index is 12.6. The number of nitrogens with one attached hydrogen (secondary N) is 1. The van der Waals surface area contributed by atoms with Crippen molar-refractivity contribution in [3.8, 4) is 11.5 Å². The first-order valence-corrected chi connectivity index (χ1v) is 9.89. The molecule has 0 aliphatic heterocycles. The quantitative estimate of drug-likeness (QED) is 0.491. The van der Waals surface area contributed by atoms with Gasteiger partial charge in [0.25, 0.3) is 0 Å². The first kappa shape index (κ1) is 19.1. The van der Waals surface area contributed by atoms with E-state index >= 15 is 0 Å². The zero-order valence-corrected chi connectivity index (χ0v) is 16.3. The van der Waals surface area contributed by atoms with E-state index in [9.17, 15) is 4.79 Å². The standard InChI is InChI=1S/C23H23NO2S/c1-3-22(27-21-15-9-17(2)10-16-21)23(25)24-18-11-13-20(14-12-18)26-19-7-5-4-6-8-19/h4-16,22H,3H2,1-2H3,(H,24,25). The van der Waals surface area contributed by atoms with E-state index in [1.165, 1.54) is 5.56 Å². The largest absolute Gasteiger partial charge is 0.457 e. The van der Waals surface area contributed by atoms with Crippen LogP contribution in [0.4, 0.5) is 5.69 Å². The molecule has 1 unspecified atom stereocenters. The van der Waals surface area contributed by atoms with Crippen molar-refractivity contribution in [2.24, 2.45) is 0 Å². The summed E-state index contributed by atoms with van der Waals surface area (Å²) in [5.74, 6) is 1.54. The minimum Gasteiger partial charge on any atom is -0.457 e. The van der Waals surface area contributed by atoms with Crippen LogP contribution in [0.15, 0.2) is 83.8 Å². The van der Waals surface area contributed by atoms with E-state index in [1.54, 1.807) is 11.8 Å². The van der Waals surface area contributed by atoms with E-state index in [1.807, 2.05) is 61.5 Å². The Kier molecular flexibility index (Phi) is 6.55. The molecule has 0 fully saturated rings. The average Bonchev–Trinajstić information content (AvgIpc) is 2.70. The van der Waals surface area contributed by atoms with Crippen molar-refractivity contribution in [2.45, 2.75) is 30.4 Å². The molecule has 0 spiro atoms. The Morgan fingerprint density at radius 3 is 2.19 bits per heavy atom. The molecule has 0 aliphatic carbocycles. The number of hydrogen-bond donors (Lipinski definition) is 1. The van der Waals surface area contributed by atoms with Crippen LogP contribution in [0.5, 0.6) is 11.5 Å². The van der Waals surface area contributed by atoms with E-state index in [0.29, 0.717) is 0 Å². The van der Waals surface area contributed by atoms with Crippen LogP contribution < -0.4 is 10.1 Å². The average molecular weight is 378 g/mol. The topological polar surface area (TPSA) is 38.3 Å². The Labute approximate surface area is 164 Å². The van der Waals surface area contributed by atoms with Crippen molar-refractivity contribution >= 4 is 23.4 Å². The zero-order chi connectivity index (χ0) is 19.1. The number of amides is 1. The fraction of sp³-hybridized carbons (Fsp3) is 0.174. The van der Waals surface area contributed by atoms with Crippen LogP contribution in [0.2, 0.25) is 0 Å². The van der Waals surface area contributed by atoms with Gasteiger partial charge in [0.15, 0.2) is 0 Å². The van der Waals surface area contributed by atoms with E-state index in [4.69, 9.17) is 4.74 Å². The molecule has 0 saturated carbocycles. The summed E-state index contributed by atoms with van der Waals surface area (Å²) in [5, 5.41) is 2.87. The summed E-state index contributed by atoms with van der Waals surface area (Å²) in [6.07, 6.45) is 0.763. The first-order chi connectivity index (χ1) is 13.1. The summed E-state index contributed by atoms with van der Waals surface area (Å²) in [6.45, 7) is 4.09. The van der Waals surface area contributed by atoms with Crippen LogP contribution in [0.1, 0.15) is 18.9 Å². The zero-order valence-electron chi connectivity index (χ0n) is 15.5. The van der Waals surface area contributed by atoms with Gasteiger partial charge in [0.2, 0.25) is 5.91 Å². The third-order valence-electron chi connectivity index (χ3n) is 4.06. The van der Waals surface area contributed by atoms with Gasteiger partial charge in [0.05, 0.1) is 5.25 Å². The maximum Gasteiger partial charge on any atom is 0.237 e. The predicted molar refractivity (Wildman–Crippen MR) is 113 cm³/mol. The number of anilines is 1. The molecule has 1 atom stereocenters. The second kappa shape index (κ2) is 9.28. The van der Waals surface area contributed by atoms with Crippen molar-refractivity contribution in [2.75, 3.05) is 5.32 Å². The highest BCUT2D eigenvalue weighted by atomic mass is 32.2. The van der Waals surface area contributed by atoms with Gasteiger partial charge in [-0.05, 0) is 61.9 Å². The minimum atomic E-state index is -0.132. The minimum absolute atomic E-state index is 0.0137. The monoisotopic (exact) mass is 377 g/mol. The molecular formula is C23H23NO2S. The lowest BCUT2D eigenvalue weighted by molar-refractivity contribution is -0.115.